The molecule has 0 aromatic heterocycles. The third-order valence-electron chi connectivity index (χ3n) is 4.59. The van der Waals surface area contributed by atoms with E-state index in [-0.39, 0.29) is 20.6 Å². The van der Waals surface area contributed by atoms with Crippen molar-refractivity contribution in [2.75, 3.05) is 13.7 Å². The van der Waals surface area contributed by atoms with Gasteiger partial charge in [-0.15, -0.1) is 0 Å². The summed E-state index contributed by atoms with van der Waals surface area (Å²) >= 11 is 0. The van der Waals surface area contributed by atoms with Gasteiger partial charge in [0.25, 0.3) is 0 Å². The molecule has 3 atom stereocenters. The third-order valence-corrected chi connectivity index (χ3v) is 5.16. The van der Waals surface area contributed by atoms with Gasteiger partial charge < -0.3 is 15.0 Å². The SMILES string of the molecule is C=C(NC(C)(C)P=O)C1CC(OC)CN1C(=C)C(C)C(C)C. The maximum absolute atomic E-state index is 11.2. The van der Waals surface area contributed by atoms with Crippen LogP contribution in [0.2, 0.25) is 0 Å². The molecule has 0 aromatic rings. The molecule has 126 valence electrons. The van der Waals surface area contributed by atoms with Crippen LogP contribution in [-0.2, 0) is 9.30 Å². The summed E-state index contributed by atoms with van der Waals surface area (Å²) in [7, 11) is 1.81. The van der Waals surface area contributed by atoms with Crippen molar-refractivity contribution in [3.8, 4) is 0 Å². The Balaban J connectivity index is 2.91. The topological polar surface area (TPSA) is 41.6 Å². The third kappa shape index (κ3) is 4.57. The Morgan fingerprint density at radius 3 is 2.41 bits per heavy atom. The highest BCUT2D eigenvalue weighted by atomic mass is 31.1. The molecule has 3 unspecified atom stereocenters. The number of ether oxygens (including phenoxy) is 1. The second-order valence-corrected chi connectivity index (χ2v) is 8.39. The van der Waals surface area contributed by atoms with Gasteiger partial charge in [-0.05, 0) is 25.7 Å². The lowest BCUT2D eigenvalue weighted by Gasteiger charge is -2.35. The molecular formula is C17H31N2O2P. The minimum Gasteiger partial charge on any atom is -0.380 e. The average Bonchev–Trinajstić information content (AvgIpc) is 2.89. The zero-order valence-corrected chi connectivity index (χ0v) is 15.7. The van der Waals surface area contributed by atoms with Gasteiger partial charge in [0.15, 0.2) is 8.46 Å². The fraction of sp³-hybridized carbons (Fsp3) is 0.765. The summed E-state index contributed by atoms with van der Waals surface area (Å²) in [4.78, 5) is 2.30. The molecule has 22 heavy (non-hydrogen) atoms. The van der Waals surface area contributed by atoms with Crippen LogP contribution in [0.1, 0.15) is 41.0 Å². The van der Waals surface area contributed by atoms with Crippen molar-refractivity contribution < 1.29 is 9.30 Å². The van der Waals surface area contributed by atoms with Crippen molar-refractivity contribution in [2.24, 2.45) is 11.8 Å². The summed E-state index contributed by atoms with van der Waals surface area (Å²) in [6.07, 6.45) is 1.05. The van der Waals surface area contributed by atoms with Gasteiger partial charge in [-0.2, -0.15) is 0 Å². The van der Waals surface area contributed by atoms with Gasteiger partial charge in [0.1, 0.15) is 5.28 Å². The Kier molecular flexibility index (Phi) is 6.64. The minimum absolute atomic E-state index is 0.0593. The molecular weight excluding hydrogens is 295 g/mol. The van der Waals surface area contributed by atoms with Crippen LogP contribution >= 0.6 is 8.46 Å². The van der Waals surface area contributed by atoms with E-state index in [1.54, 1.807) is 7.11 Å². The van der Waals surface area contributed by atoms with E-state index in [1.165, 1.54) is 0 Å². The lowest BCUT2D eigenvalue weighted by Crippen LogP contribution is -2.42. The van der Waals surface area contributed by atoms with E-state index in [0.717, 1.165) is 24.4 Å². The van der Waals surface area contributed by atoms with Gasteiger partial charge in [0.05, 0.1) is 12.1 Å². The predicted molar refractivity (Wildman–Crippen MR) is 93.0 cm³/mol. The summed E-state index contributed by atoms with van der Waals surface area (Å²) in [5.41, 5.74) is 2.00. The monoisotopic (exact) mass is 326 g/mol. The van der Waals surface area contributed by atoms with Gasteiger partial charge in [0.2, 0.25) is 0 Å². The van der Waals surface area contributed by atoms with Crippen molar-refractivity contribution in [3.63, 3.8) is 0 Å². The number of hydrogen-bond donors (Lipinski definition) is 1. The van der Waals surface area contributed by atoms with Gasteiger partial charge >= 0.3 is 0 Å². The summed E-state index contributed by atoms with van der Waals surface area (Å²) in [6.45, 7) is 19.7. The molecule has 4 nitrogen and oxygen atoms in total. The quantitative estimate of drug-likeness (QED) is 0.684. The summed E-state index contributed by atoms with van der Waals surface area (Å²) in [5, 5.41) is 2.77. The van der Waals surface area contributed by atoms with E-state index >= 15 is 0 Å². The number of rotatable bonds is 8. The number of nitrogens with zero attached hydrogens (tertiary/aromatic N) is 1. The Bertz CT molecular complexity index is 434. The van der Waals surface area contributed by atoms with Crippen LogP contribution in [0.15, 0.2) is 24.6 Å². The molecule has 5 heteroatoms. The Labute approximate surface area is 137 Å². The van der Waals surface area contributed by atoms with Crippen LogP contribution in [0.25, 0.3) is 0 Å². The zero-order valence-electron chi connectivity index (χ0n) is 14.8. The molecule has 0 aromatic carbocycles. The number of hydrogen-bond acceptors (Lipinski definition) is 4. The molecule has 1 saturated heterocycles. The van der Waals surface area contributed by atoms with E-state index in [0.29, 0.717) is 11.8 Å². The van der Waals surface area contributed by atoms with Gasteiger partial charge in [-0.3, -0.25) is 4.57 Å². The molecule has 1 rings (SSSR count). The highest BCUT2D eigenvalue weighted by Gasteiger charge is 2.37. The highest BCUT2D eigenvalue weighted by molar-refractivity contribution is 7.25. The van der Waals surface area contributed by atoms with Crippen molar-refractivity contribution in [3.05, 3.63) is 24.6 Å². The molecule has 1 N–H and O–H groups in total. The normalized spacial score (nSPS) is 23.9. The van der Waals surface area contributed by atoms with Crippen LogP contribution in [0.4, 0.5) is 0 Å². The van der Waals surface area contributed by atoms with E-state index in [2.05, 4.69) is 44.1 Å². The molecule has 0 amide bonds. The molecule has 1 fully saturated rings. The van der Waals surface area contributed by atoms with Crippen LogP contribution in [0.5, 0.6) is 0 Å². The lowest BCUT2D eigenvalue weighted by atomic mass is 9.94. The van der Waals surface area contributed by atoms with Crippen molar-refractivity contribution in [2.45, 2.75) is 58.5 Å². The molecule has 1 aliphatic rings. The standard InChI is InChI=1S/C17H31N2O2P/c1-11(2)12(3)14(5)19-10-15(21-8)9-16(19)13(4)18-17(6,7)22-20/h11-12,15-16,18H,4-5,9-10H2,1-3,6-8H3. The van der Waals surface area contributed by atoms with E-state index in [1.807, 2.05) is 13.8 Å². The molecule has 1 heterocycles. The van der Waals surface area contributed by atoms with Crippen LogP contribution in [0.3, 0.4) is 0 Å². The van der Waals surface area contributed by atoms with Gasteiger partial charge in [-0.1, -0.05) is 33.9 Å². The smallest absolute Gasteiger partial charge is 0.183 e. The largest absolute Gasteiger partial charge is 0.380 e. The summed E-state index contributed by atoms with van der Waals surface area (Å²) < 4.78 is 16.8. The number of likely N-dealkylation sites (tertiary alicyclic amines) is 1. The first-order valence-corrected chi connectivity index (χ1v) is 8.74. The lowest BCUT2D eigenvalue weighted by molar-refractivity contribution is 0.110. The maximum atomic E-state index is 11.2. The fourth-order valence-corrected chi connectivity index (χ4v) is 2.95. The predicted octanol–water partition coefficient (Wildman–Crippen LogP) is 4.01. The van der Waals surface area contributed by atoms with Crippen molar-refractivity contribution >= 4 is 8.46 Å². The number of nitrogens with one attached hydrogen (secondary N) is 1. The van der Waals surface area contributed by atoms with E-state index in [9.17, 15) is 4.57 Å². The van der Waals surface area contributed by atoms with Crippen molar-refractivity contribution in [1.82, 2.24) is 10.2 Å². The molecule has 0 bridgehead atoms. The summed E-state index contributed by atoms with van der Waals surface area (Å²) in [5.74, 6) is 0.934. The fourth-order valence-electron chi connectivity index (χ4n) is 2.76. The Morgan fingerprint density at radius 2 is 1.95 bits per heavy atom. The number of methoxy groups -OCH3 is 1. The molecule has 1 aliphatic heterocycles. The molecule has 0 spiro atoms. The van der Waals surface area contributed by atoms with Crippen LogP contribution < -0.4 is 5.32 Å². The van der Waals surface area contributed by atoms with E-state index < -0.39 is 5.28 Å². The first kappa shape index (κ1) is 19.2. The van der Waals surface area contributed by atoms with Crippen LogP contribution in [-0.4, -0.2) is 36.0 Å². The maximum Gasteiger partial charge on any atom is 0.183 e. The Hall–Kier alpha value is -0.860. The Morgan fingerprint density at radius 1 is 1.36 bits per heavy atom. The second kappa shape index (κ2) is 7.61. The summed E-state index contributed by atoms with van der Waals surface area (Å²) in [6, 6.07) is 0.125. The highest BCUT2D eigenvalue weighted by Crippen LogP contribution is 2.33. The van der Waals surface area contributed by atoms with Gasteiger partial charge in [0, 0.05) is 31.5 Å². The average molecular weight is 326 g/mol. The van der Waals surface area contributed by atoms with E-state index in [4.69, 9.17) is 4.74 Å². The molecule has 0 radical (unpaired) electrons. The zero-order chi connectivity index (χ0) is 17.1. The molecule has 0 saturated carbocycles. The minimum atomic E-state index is -0.515. The van der Waals surface area contributed by atoms with Crippen LogP contribution in [0, 0.1) is 11.8 Å². The molecule has 0 aliphatic carbocycles. The second-order valence-electron chi connectivity index (χ2n) is 7.09. The van der Waals surface area contributed by atoms with Crippen molar-refractivity contribution in [1.29, 1.82) is 0 Å². The number of allylic oxidation sites excluding steroid dienone is 1. The first-order chi connectivity index (χ1) is 10.1. The van der Waals surface area contributed by atoms with Gasteiger partial charge in [-0.25, -0.2) is 0 Å². The first-order valence-electron chi connectivity index (χ1n) is 7.92.